The Kier molecular flexibility index (Phi) is 3.55. The van der Waals surface area contributed by atoms with E-state index < -0.39 is 17.6 Å². The van der Waals surface area contributed by atoms with Crippen LogP contribution in [0.2, 0.25) is 0 Å². The number of hydrogen-bond donors (Lipinski definition) is 0. The number of benzene rings is 2. The molecule has 0 bridgehead atoms. The Hall–Kier alpha value is -2.82. The topological polar surface area (TPSA) is 39.2 Å². The molecule has 0 saturated carbocycles. The maximum atomic E-state index is 14.4. The van der Waals surface area contributed by atoms with E-state index in [4.69, 9.17) is 0 Å². The summed E-state index contributed by atoms with van der Waals surface area (Å²) < 4.78 is 33.2. The summed E-state index contributed by atoms with van der Waals surface area (Å²) in [6.07, 6.45) is 0. The lowest BCUT2D eigenvalue weighted by Crippen LogP contribution is -2.05. The van der Waals surface area contributed by atoms with E-state index in [1.54, 1.807) is 30.3 Å². The molecule has 3 nitrogen and oxygen atoms in total. The fourth-order valence-corrected chi connectivity index (χ4v) is 2.25. The van der Waals surface area contributed by atoms with Crippen LogP contribution in [0.4, 0.5) is 8.78 Å². The highest BCUT2D eigenvalue weighted by Crippen LogP contribution is 2.27. The van der Waals surface area contributed by atoms with Gasteiger partial charge < -0.3 is 4.74 Å². The van der Waals surface area contributed by atoms with Crippen LogP contribution >= 0.6 is 0 Å². The molecule has 0 aliphatic heterocycles. The average molecular weight is 299 g/mol. The number of nitrogens with zero attached hydrogens (tertiary/aromatic N) is 1. The number of ether oxygens (including phenoxy) is 1. The van der Waals surface area contributed by atoms with Crippen molar-refractivity contribution in [3.05, 3.63) is 65.7 Å². The molecule has 22 heavy (non-hydrogen) atoms. The Morgan fingerprint density at radius 3 is 2.50 bits per heavy atom. The quantitative estimate of drug-likeness (QED) is 0.672. The number of aromatic nitrogens is 1. The number of hydrogen-bond acceptors (Lipinski definition) is 3. The van der Waals surface area contributed by atoms with Crippen LogP contribution in [-0.2, 0) is 4.74 Å². The molecule has 2 aromatic carbocycles. The standard InChI is InChI=1S/C17H11F2NO2/c1-22-17(21)12-8-7-11-9-13(18)15(20-16(11)14(12)19)10-5-3-2-4-6-10/h2-9H,1H3. The molecule has 5 heteroatoms. The van der Waals surface area contributed by atoms with Crippen LogP contribution in [0.1, 0.15) is 10.4 Å². The highest BCUT2D eigenvalue weighted by molar-refractivity contribution is 5.95. The molecule has 0 aliphatic rings. The van der Waals surface area contributed by atoms with Crippen LogP contribution in [-0.4, -0.2) is 18.1 Å². The van der Waals surface area contributed by atoms with Gasteiger partial charge in [0.25, 0.3) is 0 Å². The van der Waals surface area contributed by atoms with Crippen LogP contribution in [0.3, 0.4) is 0 Å². The molecular weight excluding hydrogens is 288 g/mol. The minimum Gasteiger partial charge on any atom is -0.465 e. The first-order chi connectivity index (χ1) is 10.6. The van der Waals surface area contributed by atoms with Crippen LogP contribution in [0.5, 0.6) is 0 Å². The average Bonchev–Trinajstić information content (AvgIpc) is 2.55. The molecule has 0 unspecified atom stereocenters. The maximum Gasteiger partial charge on any atom is 0.340 e. The second kappa shape index (κ2) is 5.52. The Morgan fingerprint density at radius 1 is 1.09 bits per heavy atom. The highest BCUT2D eigenvalue weighted by atomic mass is 19.1. The summed E-state index contributed by atoms with van der Waals surface area (Å²) in [7, 11) is 1.17. The molecule has 1 aromatic heterocycles. The van der Waals surface area contributed by atoms with Crippen LogP contribution < -0.4 is 0 Å². The van der Waals surface area contributed by atoms with Gasteiger partial charge in [-0.3, -0.25) is 0 Å². The molecule has 0 amide bonds. The minimum atomic E-state index is -0.818. The monoisotopic (exact) mass is 299 g/mol. The van der Waals surface area contributed by atoms with Gasteiger partial charge in [0.15, 0.2) is 5.82 Å². The van der Waals surface area contributed by atoms with Crippen LogP contribution in [0.25, 0.3) is 22.2 Å². The second-order valence-corrected chi connectivity index (χ2v) is 4.68. The molecular formula is C17H11F2NO2. The molecule has 0 atom stereocenters. The minimum absolute atomic E-state index is 0.0361. The van der Waals surface area contributed by atoms with Gasteiger partial charge in [-0.2, -0.15) is 0 Å². The van der Waals surface area contributed by atoms with Gasteiger partial charge in [0, 0.05) is 10.9 Å². The zero-order valence-corrected chi connectivity index (χ0v) is 11.6. The highest BCUT2D eigenvalue weighted by Gasteiger charge is 2.18. The zero-order chi connectivity index (χ0) is 15.7. The van der Waals surface area contributed by atoms with Crippen molar-refractivity contribution in [1.82, 2.24) is 4.98 Å². The lowest BCUT2D eigenvalue weighted by molar-refractivity contribution is 0.0596. The molecule has 110 valence electrons. The van der Waals surface area contributed by atoms with Gasteiger partial charge in [-0.15, -0.1) is 0 Å². The fourth-order valence-electron chi connectivity index (χ4n) is 2.25. The van der Waals surface area contributed by atoms with Crippen LogP contribution in [0, 0.1) is 11.6 Å². The van der Waals surface area contributed by atoms with Crippen molar-refractivity contribution in [2.45, 2.75) is 0 Å². The molecule has 3 rings (SSSR count). The summed E-state index contributed by atoms with van der Waals surface area (Å²) in [5.74, 6) is -2.17. The molecule has 0 aliphatic carbocycles. The Balaban J connectivity index is 2.27. The van der Waals surface area contributed by atoms with E-state index in [9.17, 15) is 13.6 Å². The smallest absolute Gasteiger partial charge is 0.340 e. The third-order valence-electron chi connectivity index (χ3n) is 3.33. The first-order valence-electron chi connectivity index (χ1n) is 6.54. The van der Waals surface area contributed by atoms with E-state index in [-0.39, 0.29) is 22.2 Å². The van der Waals surface area contributed by atoms with Gasteiger partial charge >= 0.3 is 5.97 Å². The van der Waals surface area contributed by atoms with Crippen molar-refractivity contribution in [3.8, 4) is 11.3 Å². The molecule has 0 spiro atoms. The number of pyridine rings is 1. The van der Waals surface area contributed by atoms with Crippen LogP contribution in [0.15, 0.2) is 48.5 Å². The third kappa shape index (κ3) is 2.30. The van der Waals surface area contributed by atoms with E-state index in [0.717, 1.165) is 0 Å². The first-order valence-corrected chi connectivity index (χ1v) is 6.54. The van der Waals surface area contributed by atoms with Gasteiger partial charge in [0.05, 0.1) is 12.7 Å². The van der Waals surface area contributed by atoms with E-state index >= 15 is 0 Å². The van der Waals surface area contributed by atoms with E-state index in [0.29, 0.717) is 5.56 Å². The summed E-state index contributed by atoms with van der Waals surface area (Å²) >= 11 is 0. The predicted octanol–water partition coefficient (Wildman–Crippen LogP) is 3.97. The number of methoxy groups -OCH3 is 1. The summed E-state index contributed by atoms with van der Waals surface area (Å²) in [6, 6.07) is 12.5. The predicted molar refractivity (Wildman–Crippen MR) is 78.4 cm³/mol. The summed E-state index contributed by atoms with van der Waals surface area (Å²) in [5, 5.41) is 0.280. The molecule has 3 aromatic rings. The number of carbonyl (C=O) groups excluding carboxylic acids is 1. The molecule has 0 radical (unpaired) electrons. The van der Waals surface area contributed by atoms with Crippen molar-refractivity contribution in [2.24, 2.45) is 0 Å². The molecule has 0 fully saturated rings. The molecule has 0 saturated heterocycles. The van der Waals surface area contributed by atoms with E-state index in [1.165, 1.54) is 25.3 Å². The fraction of sp³-hybridized carbons (Fsp3) is 0.0588. The lowest BCUT2D eigenvalue weighted by Gasteiger charge is -2.08. The van der Waals surface area contributed by atoms with Crippen molar-refractivity contribution < 1.29 is 18.3 Å². The third-order valence-corrected chi connectivity index (χ3v) is 3.33. The normalized spacial score (nSPS) is 10.7. The molecule has 1 heterocycles. The number of rotatable bonds is 2. The lowest BCUT2D eigenvalue weighted by atomic mass is 10.1. The van der Waals surface area contributed by atoms with Crippen molar-refractivity contribution >= 4 is 16.9 Å². The zero-order valence-electron chi connectivity index (χ0n) is 11.6. The van der Waals surface area contributed by atoms with Gasteiger partial charge in [-0.25, -0.2) is 18.6 Å². The first kappa shape index (κ1) is 14.1. The van der Waals surface area contributed by atoms with Gasteiger partial charge in [-0.1, -0.05) is 36.4 Å². The molecule has 0 N–H and O–H groups in total. The number of esters is 1. The van der Waals surface area contributed by atoms with Gasteiger partial charge in [0.2, 0.25) is 0 Å². The Labute approximate surface area is 125 Å². The summed E-state index contributed by atoms with van der Waals surface area (Å²) in [5.41, 5.74) is 0.273. The number of fused-ring (bicyclic) bond motifs is 1. The number of carbonyl (C=O) groups is 1. The largest absolute Gasteiger partial charge is 0.465 e. The second-order valence-electron chi connectivity index (χ2n) is 4.68. The SMILES string of the molecule is COC(=O)c1ccc2cc(F)c(-c3ccccc3)nc2c1F. The number of halogens is 2. The van der Waals surface area contributed by atoms with Crippen molar-refractivity contribution in [2.75, 3.05) is 7.11 Å². The Morgan fingerprint density at radius 2 is 1.82 bits per heavy atom. The Bertz CT molecular complexity index is 863. The van der Waals surface area contributed by atoms with E-state index in [1.807, 2.05) is 0 Å². The van der Waals surface area contributed by atoms with Gasteiger partial charge in [0.1, 0.15) is 17.0 Å². The maximum absolute atomic E-state index is 14.4. The summed E-state index contributed by atoms with van der Waals surface area (Å²) in [6.45, 7) is 0. The van der Waals surface area contributed by atoms with Crippen molar-refractivity contribution in [3.63, 3.8) is 0 Å². The van der Waals surface area contributed by atoms with E-state index in [2.05, 4.69) is 9.72 Å². The van der Waals surface area contributed by atoms with Crippen molar-refractivity contribution in [1.29, 1.82) is 0 Å². The van der Waals surface area contributed by atoms with Gasteiger partial charge in [-0.05, 0) is 12.1 Å². The summed E-state index contributed by atoms with van der Waals surface area (Å²) in [4.78, 5) is 15.6.